The Hall–Kier alpha value is -3.31. The van der Waals surface area contributed by atoms with Gasteiger partial charge in [-0.15, -0.1) is 11.8 Å². The Balaban J connectivity index is 1.21. The number of hydrogen-bond acceptors (Lipinski definition) is 9. The number of Topliss-reactive ketones (excluding diaryl/α,β-unsaturated/α-hetero) is 1. The number of dihydropyridines is 1. The number of aromatic nitrogens is 1. The molecule has 0 aromatic carbocycles. The molecule has 3 aliphatic heterocycles. The molecule has 3 unspecified atom stereocenters. The Labute approximate surface area is 251 Å². The zero-order valence-corrected chi connectivity index (χ0v) is 25.6. The number of nitrogens with zero attached hydrogens (tertiary/aromatic N) is 2. The molecule has 4 heterocycles. The lowest BCUT2D eigenvalue weighted by molar-refractivity contribution is -0.126. The SMILES string of the molecule is CC1(C2C3=C(CCCC3)SC2(C)C(N)=O)C=CC=C(C2=CNCC(Nc3ccc(N4CCS(=O)(=O)CC4)cn3)=C2)C1=O. The van der Waals surface area contributed by atoms with Gasteiger partial charge in [0.1, 0.15) is 10.6 Å². The molecule has 1 fully saturated rings. The number of hydrogen-bond donors (Lipinski definition) is 3. The van der Waals surface area contributed by atoms with Gasteiger partial charge in [0.2, 0.25) is 5.91 Å². The third kappa shape index (κ3) is 5.10. The predicted octanol–water partition coefficient (Wildman–Crippen LogP) is 3.61. The summed E-state index contributed by atoms with van der Waals surface area (Å²) >= 11 is 1.57. The highest BCUT2D eigenvalue weighted by molar-refractivity contribution is 8.05. The van der Waals surface area contributed by atoms with E-state index in [1.807, 2.05) is 61.4 Å². The molecule has 1 saturated heterocycles. The van der Waals surface area contributed by atoms with Crippen LogP contribution < -0.4 is 21.3 Å². The van der Waals surface area contributed by atoms with Gasteiger partial charge in [0.15, 0.2) is 15.6 Å². The van der Waals surface area contributed by atoms with Crippen molar-refractivity contribution in [1.29, 1.82) is 0 Å². The van der Waals surface area contributed by atoms with E-state index in [-0.39, 0.29) is 29.1 Å². The van der Waals surface area contributed by atoms with E-state index in [1.165, 1.54) is 10.5 Å². The summed E-state index contributed by atoms with van der Waals surface area (Å²) in [5.41, 5.74) is 9.44. The highest BCUT2D eigenvalue weighted by atomic mass is 32.2. The van der Waals surface area contributed by atoms with Gasteiger partial charge < -0.3 is 21.3 Å². The maximum atomic E-state index is 14.3. The molecule has 2 aliphatic carbocycles. The van der Waals surface area contributed by atoms with Gasteiger partial charge in [0.05, 0.1) is 35.3 Å². The second kappa shape index (κ2) is 10.8. The quantitative estimate of drug-likeness (QED) is 0.443. The topological polar surface area (TPSA) is 134 Å². The number of rotatable bonds is 6. The van der Waals surface area contributed by atoms with Crippen molar-refractivity contribution in [3.8, 4) is 0 Å². The number of carbonyl (C=O) groups is 2. The van der Waals surface area contributed by atoms with Crippen LogP contribution in [0, 0.1) is 11.3 Å². The number of amides is 1. The highest BCUT2D eigenvalue weighted by Crippen LogP contribution is 2.61. The minimum Gasteiger partial charge on any atom is -0.385 e. The molecule has 6 rings (SSSR count). The third-order valence-corrected chi connectivity index (χ3v) is 12.3. The number of carbonyl (C=O) groups excluding carboxylic acids is 2. The lowest BCUT2D eigenvalue weighted by atomic mass is 9.60. The Morgan fingerprint density at radius 2 is 1.95 bits per heavy atom. The van der Waals surface area contributed by atoms with Gasteiger partial charge in [-0.05, 0) is 62.6 Å². The molecule has 0 saturated carbocycles. The standard InChI is InChI=1S/C31H37N5O4S2/c1-30(27-24-6-3-4-8-25(24)41-31(27,2)29(32)38)11-5-7-23(28(30)37)20-16-21(18-33-17-20)35-26-10-9-22(19-34-26)36-12-14-42(39,40)15-13-36/h5,7,9-11,16-17,19,27,33H,3-4,6,8,12-15,18H2,1-2H3,(H2,32,38)(H,34,35). The number of anilines is 2. The molecular formula is C31H37N5O4S2. The number of sulfone groups is 1. The minimum absolute atomic E-state index is 0.0148. The van der Waals surface area contributed by atoms with Gasteiger partial charge in [-0.2, -0.15) is 0 Å². The number of allylic oxidation sites excluding steroid dienone is 8. The molecule has 1 amide bonds. The van der Waals surface area contributed by atoms with Gasteiger partial charge in [0, 0.05) is 42.1 Å². The third-order valence-electron chi connectivity index (χ3n) is 9.16. The Morgan fingerprint density at radius 1 is 1.19 bits per heavy atom. The van der Waals surface area contributed by atoms with Crippen molar-refractivity contribution in [3.63, 3.8) is 0 Å². The fourth-order valence-corrected chi connectivity index (χ4v) is 9.82. The van der Waals surface area contributed by atoms with Gasteiger partial charge in [-0.3, -0.25) is 9.59 Å². The fraction of sp³-hybridized carbons (Fsp3) is 0.452. The number of nitrogens with two attached hydrogens (primary N) is 1. The van der Waals surface area contributed by atoms with Crippen LogP contribution in [0.4, 0.5) is 11.5 Å². The maximum Gasteiger partial charge on any atom is 0.234 e. The summed E-state index contributed by atoms with van der Waals surface area (Å²) in [6.45, 7) is 5.34. The first kappa shape index (κ1) is 28.8. The zero-order chi connectivity index (χ0) is 29.7. The number of thioether (sulfide) groups is 1. The van der Waals surface area contributed by atoms with E-state index < -0.39 is 20.0 Å². The molecule has 4 N–H and O–H groups in total. The lowest BCUT2D eigenvalue weighted by Gasteiger charge is -2.42. The molecule has 11 heteroatoms. The van der Waals surface area contributed by atoms with Gasteiger partial charge in [0.25, 0.3) is 0 Å². The molecule has 3 atom stereocenters. The lowest BCUT2D eigenvalue weighted by Crippen LogP contribution is -2.52. The first-order chi connectivity index (χ1) is 20.0. The van der Waals surface area contributed by atoms with E-state index in [1.54, 1.807) is 18.0 Å². The minimum atomic E-state index is -2.95. The Kier molecular flexibility index (Phi) is 7.37. The van der Waals surface area contributed by atoms with E-state index in [9.17, 15) is 18.0 Å². The molecule has 0 spiro atoms. The van der Waals surface area contributed by atoms with Crippen LogP contribution in [0.3, 0.4) is 0 Å². The summed E-state index contributed by atoms with van der Waals surface area (Å²) in [5, 5.41) is 6.63. The molecule has 0 radical (unpaired) electrons. The average Bonchev–Trinajstić information content (AvgIpc) is 3.29. The maximum absolute atomic E-state index is 14.3. The molecular weight excluding hydrogens is 571 g/mol. The number of primary amides is 1. The van der Waals surface area contributed by atoms with Crippen LogP contribution in [-0.2, 0) is 19.4 Å². The van der Waals surface area contributed by atoms with Crippen LogP contribution in [-0.4, -0.2) is 61.0 Å². The smallest absolute Gasteiger partial charge is 0.234 e. The van der Waals surface area contributed by atoms with Crippen LogP contribution in [0.2, 0.25) is 0 Å². The van der Waals surface area contributed by atoms with Crippen LogP contribution >= 0.6 is 11.8 Å². The van der Waals surface area contributed by atoms with Crippen molar-refractivity contribution in [3.05, 3.63) is 76.2 Å². The van der Waals surface area contributed by atoms with E-state index in [4.69, 9.17) is 5.73 Å². The summed E-state index contributed by atoms with van der Waals surface area (Å²) < 4.78 is 22.6. The molecule has 222 valence electrons. The molecule has 1 aromatic heterocycles. The number of ketones is 1. The second-order valence-corrected chi connectivity index (χ2v) is 15.9. The largest absolute Gasteiger partial charge is 0.385 e. The normalized spacial score (nSPS) is 30.6. The van der Waals surface area contributed by atoms with Crippen LogP contribution in [0.5, 0.6) is 0 Å². The average molecular weight is 608 g/mol. The fourth-order valence-electron chi connectivity index (χ4n) is 6.91. The monoisotopic (exact) mass is 607 g/mol. The molecule has 5 aliphatic rings. The first-order valence-electron chi connectivity index (χ1n) is 14.5. The summed E-state index contributed by atoms with van der Waals surface area (Å²) in [5.74, 6) is 0.283. The van der Waals surface area contributed by atoms with E-state index in [0.717, 1.165) is 42.6 Å². The highest BCUT2D eigenvalue weighted by Gasteiger charge is 2.59. The number of pyridine rings is 1. The summed E-state index contributed by atoms with van der Waals surface area (Å²) in [6.07, 6.45) is 15.3. The van der Waals surface area contributed by atoms with E-state index >= 15 is 0 Å². The van der Waals surface area contributed by atoms with Crippen molar-refractivity contribution >= 4 is 44.8 Å². The number of nitrogens with one attached hydrogen (secondary N) is 2. The van der Waals surface area contributed by atoms with Gasteiger partial charge in [-0.1, -0.05) is 23.8 Å². The first-order valence-corrected chi connectivity index (χ1v) is 17.1. The summed E-state index contributed by atoms with van der Waals surface area (Å²) in [6, 6.07) is 3.81. The second-order valence-electron chi connectivity index (χ2n) is 12.0. The van der Waals surface area contributed by atoms with E-state index in [0.29, 0.717) is 31.0 Å². The molecule has 1 aromatic rings. The molecule has 0 bridgehead atoms. The summed E-state index contributed by atoms with van der Waals surface area (Å²) in [4.78, 5) is 35.0. The van der Waals surface area contributed by atoms with Crippen molar-refractivity contribution in [2.75, 3.05) is 41.4 Å². The van der Waals surface area contributed by atoms with Crippen molar-refractivity contribution in [1.82, 2.24) is 10.3 Å². The van der Waals surface area contributed by atoms with Crippen LogP contribution in [0.25, 0.3) is 0 Å². The van der Waals surface area contributed by atoms with E-state index in [2.05, 4.69) is 15.6 Å². The Morgan fingerprint density at radius 3 is 2.67 bits per heavy atom. The predicted molar refractivity (Wildman–Crippen MR) is 167 cm³/mol. The van der Waals surface area contributed by atoms with Gasteiger partial charge in [-0.25, -0.2) is 13.4 Å². The zero-order valence-electron chi connectivity index (χ0n) is 24.0. The molecule has 42 heavy (non-hydrogen) atoms. The summed E-state index contributed by atoms with van der Waals surface area (Å²) in [7, 11) is -2.95. The Bertz CT molecular complexity index is 1580. The molecule has 9 nitrogen and oxygen atoms in total. The van der Waals surface area contributed by atoms with Crippen LogP contribution in [0.1, 0.15) is 39.5 Å². The van der Waals surface area contributed by atoms with Crippen molar-refractivity contribution < 1.29 is 18.0 Å². The van der Waals surface area contributed by atoms with Crippen molar-refractivity contribution in [2.45, 2.75) is 44.3 Å². The van der Waals surface area contributed by atoms with Crippen LogP contribution in [0.15, 0.2) is 76.2 Å². The van der Waals surface area contributed by atoms with Crippen molar-refractivity contribution in [2.24, 2.45) is 17.1 Å². The van der Waals surface area contributed by atoms with Gasteiger partial charge >= 0.3 is 0 Å².